The molecule has 0 saturated heterocycles. The Morgan fingerprint density at radius 1 is 0.288 bits per heavy atom. The molecule has 6 nitrogen and oxygen atoms in total. The first-order chi connectivity index (χ1) is 36.0. The smallest absolute Gasteiger partial charge is 0.306 e. The summed E-state index contributed by atoms with van der Waals surface area (Å²) in [6, 6.07) is 0. The summed E-state index contributed by atoms with van der Waals surface area (Å²) in [4.78, 5) is 38.2. The summed E-state index contributed by atoms with van der Waals surface area (Å²) in [5.74, 6) is -0.958. The fraction of sp³-hybridized carbons (Fsp3) is 0.687. The van der Waals surface area contributed by atoms with Crippen molar-refractivity contribution < 1.29 is 28.6 Å². The van der Waals surface area contributed by atoms with Crippen LogP contribution in [0.15, 0.2) is 109 Å². The molecule has 0 amide bonds. The molecule has 1 atom stereocenters. The molecular weight excluding hydrogens is 901 g/mol. The number of esters is 3. The highest BCUT2D eigenvalue weighted by Gasteiger charge is 2.19. The Labute approximate surface area is 450 Å². The topological polar surface area (TPSA) is 78.9 Å². The molecule has 0 heterocycles. The lowest BCUT2D eigenvalue weighted by Crippen LogP contribution is -2.30. The van der Waals surface area contributed by atoms with E-state index in [-0.39, 0.29) is 37.5 Å². The Bertz CT molecular complexity index is 1490. The average Bonchev–Trinajstić information content (AvgIpc) is 3.39. The molecule has 0 saturated carbocycles. The largest absolute Gasteiger partial charge is 0.462 e. The Balaban J connectivity index is 4.32. The van der Waals surface area contributed by atoms with Crippen LogP contribution >= 0.6 is 0 Å². The Morgan fingerprint density at radius 2 is 0.562 bits per heavy atom. The van der Waals surface area contributed by atoms with Gasteiger partial charge in [-0.2, -0.15) is 0 Å². The van der Waals surface area contributed by atoms with Crippen molar-refractivity contribution >= 4 is 17.9 Å². The van der Waals surface area contributed by atoms with E-state index in [1.807, 2.05) is 0 Å². The normalized spacial score (nSPS) is 12.9. The minimum Gasteiger partial charge on any atom is -0.462 e. The summed E-state index contributed by atoms with van der Waals surface area (Å²) < 4.78 is 16.8. The molecule has 0 bridgehead atoms. The number of carbonyl (C=O) groups excluding carboxylic acids is 3. The van der Waals surface area contributed by atoms with E-state index in [0.717, 1.165) is 122 Å². The van der Waals surface area contributed by atoms with Crippen molar-refractivity contribution in [3.63, 3.8) is 0 Å². The Kier molecular flexibility index (Phi) is 57.4. The quantitative estimate of drug-likeness (QED) is 0.0261. The molecular formula is C67H112O6. The molecule has 0 aromatic carbocycles. The van der Waals surface area contributed by atoms with Crippen molar-refractivity contribution in [2.45, 2.75) is 284 Å². The second-order valence-corrected chi connectivity index (χ2v) is 19.9. The van der Waals surface area contributed by atoms with Crippen LogP contribution in [0.3, 0.4) is 0 Å². The number of ether oxygens (including phenoxy) is 3. The van der Waals surface area contributed by atoms with Crippen molar-refractivity contribution in [2.24, 2.45) is 0 Å². The van der Waals surface area contributed by atoms with Crippen LogP contribution in [-0.2, 0) is 28.6 Å². The van der Waals surface area contributed by atoms with Crippen molar-refractivity contribution in [3.8, 4) is 0 Å². The van der Waals surface area contributed by atoms with Gasteiger partial charge in [0.15, 0.2) is 6.10 Å². The zero-order valence-electron chi connectivity index (χ0n) is 47.6. The van der Waals surface area contributed by atoms with E-state index in [1.54, 1.807) is 0 Å². The fourth-order valence-electron chi connectivity index (χ4n) is 8.18. The summed E-state index contributed by atoms with van der Waals surface area (Å²) in [5, 5.41) is 0. The van der Waals surface area contributed by atoms with Crippen LogP contribution in [0.5, 0.6) is 0 Å². The molecule has 0 spiro atoms. The Hall–Kier alpha value is -3.93. The first-order valence-corrected chi connectivity index (χ1v) is 30.4. The van der Waals surface area contributed by atoms with Crippen LogP contribution in [0.1, 0.15) is 278 Å². The van der Waals surface area contributed by atoms with Gasteiger partial charge >= 0.3 is 17.9 Å². The fourth-order valence-corrected chi connectivity index (χ4v) is 8.18. The summed E-state index contributed by atoms with van der Waals surface area (Å²) in [6.07, 6.45) is 82.4. The molecule has 0 rings (SSSR count). The van der Waals surface area contributed by atoms with Crippen molar-refractivity contribution in [1.29, 1.82) is 0 Å². The lowest BCUT2D eigenvalue weighted by molar-refractivity contribution is -0.167. The molecule has 0 radical (unpaired) electrons. The molecule has 0 fully saturated rings. The third-order valence-corrected chi connectivity index (χ3v) is 12.7. The first kappa shape index (κ1) is 69.1. The number of allylic oxidation sites excluding steroid dienone is 18. The summed E-state index contributed by atoms with van der Waals surface area (Å²) in [6.45, 7) is 6.41. The first-order valence-electron chi connectivity index (χ1n) is 30.4. The van der Waals surface area contributed by atoms with Crippen molar-refractivity contribution in [1.82, 2.24) is 0 Å². The summed E-state index contributed by atoms with van der Waals surface area (Å²) >= 11 is 0. The third-order valence-electron chi connectivity index (χ3n) is 12.7. The van der Waals surface area contributed by atoms with Gasteiger partial charge in [-0.15, -0.1) is 0 Å². The molecule has 0 aliphatic heterocycles. The van der Waals surface area contributed by atoms with E-state index < -0.39 is 6.10 Å². The minimum atomic E-state index is -0.808. The van der Waals surface area contributed by atoms with Gasteiger partial charge < -0.3 is 14.2 Å². The maximum absolute atomic E-state index is 12.8. The van der Waals surface area contributed by atoms with Crippen LogP contribution < -0.4 is 0 Å². The molecule has 0 N–H and O–H groups in total. The van der Waals surface area contributed by atoms with Crippen LogP contribution in [-0.4, -0.2) is 37.2 Å². The number of rotatable bonds is 54. The van der Waals surface area contributed by atoms with E-state index in [9.17, 15) is 14.4 Å². The molecule has 0 aliphatic carbocycles. The molecule has 416 valence electrons. The van der Waals surface area contributed by atoms with Gasteiger partial charge in [0.1, 0.15) is 13.2 Å². The van der Waals surface area contributed by atoms with Gasteiger partial charge in [0.2, 0.25) is 0 Å². The van der Waals surface area contributed by atoms with Gasteiger partial charge in [0, 0.05) is 19.3 Å². The highest BCUT2D eigenvalue weighted by atomic mass is 16.6. The summed E-state index contributed by atoms with van der Waals surface area (Å²) in [7, 11) is 0. The third kappa shape index (κ3) is 58.8. The van der Waals surface area contributed by atoms with Gasteiger partial charge in [-0.25, -0.2) is 0 Å². The maximum Gasteiger partial charge on any atom is 0.306 e. The predicted molar refractivity (Wildman–Crippen MR) is 316 cm³/mol. The SMILES string of the molecule is CC/C=C\C/C=C\C/C=C\C/C=C\CCCCC(=O)OC(COC(=O)CCCCCCC/C=C\C/C=C\CCC)COC(=O)CCCCCCCCCCCCCC/C=C\C/C=C\C/C=C\CCCCCCC. The minimum absolute atomic E-state index is 0.101. The number of carbonyl (C=O) groups is 3. The predicted octanol–water partition coefficient (Wildman–Crippen LogP) is 20.7. The van der Waals surface area contributed by atoms with E-state index in [2.05, 4.69) is 130 Å². The lowest BCUT2D eigenvalue weighted by Gasteiger charge is -2.18. The van der Waals surface area contributed by atoms with Gasteiger partial charge in [-0.3, -0.25) is 14.4 Å². The zero-order valence-corrected chi connectivity index (χ0v) is 47.6. The van der Waals surface area contributed by atoms with Crippen molar-refractivity contribution in [3.05, 3.63) is 109 Å². The van der Waals surface area contributed by atoms with Crippen LogP contribution in [0, 0.1) is 0 Å². The second kappa shape index (κ2) is 60.6. The number of hydrogen-bond donors (Lipinski definition) is 0. The number of unbranched alkanes of at least 4 members (excludes halogenated alkanes) is 25. The van der Waals surface area contributed by atoms with E-state index >= 15 is 0 Å². The molecule has 0 aromatic heterocycles. The molecule has 6 heteroatoms. The van der Waals surface area contributed by atoms with Gasteiger partial charge in [0.05, 0.1) is 0 Å². The summed E-state index contributed by atoms with van der Waals surface area (Å²) in [5.41, 5.74) is 0. The molecule has 0 aliphatic rings. The van der Waals surface area contributed by atoms with Gasteiger partial charge in [-0.05, 0) is 122 Å². The highest BCUT2D eigenvalue weighted by Crippen LogP contribution is 2.15. The van der Waals surface area contributed by atoms with E-state index in [1.165, 1.54) is 109 Å². The maximum atomic E-state index is 12.8. The second-order valence-electron chi connectivity index (χ2n) is 19.9. The molecule has 73 heavy (non-hydrogen) atoms. The van der Waals surface area contributed by atoms with Crippen LogP contribution in [0.2, 0.25) is 0 Å². The van der Waals surface area contributed by atoms with E-state index in [0.29, 0.717) is 19.3 Å². The lowest BCUT2D eigenvalue weighted by atomic mass is 10.0. The molecule has 1 unspecified atom stereocenters. The monoisotopic (exact) mass is 1010 g/mol. The van der Waals surface area contributed by atoms with Gasteiger partial charge in [-0.1, -0.05) is 246 Å². The molecule has 0 aromatic rings. The van der Waals surface area contributed by atoms with Gasteiger partial charge in [0.25, 0.3) is 0 Å². The highest BCUT2D eigenvalue weighted by molar-refractivity contribution is 5.71. The van der Waals surface area contributed by atoms with Crippen molar-refractivity contribution in [2.75, 3.05) is 13.2 Å². The number of hydrogen-bond acceptors (Lipinski definition) is 6. The standard InChI is InChI=1S/C67H112O6/c1-4-7-10-13-16-19-22-25-27-28-29-30-31-32-33-34-35-36-37-38-40-42-45-48-51-54-57-60-66(69)72-63-64(62-71-65(68)59-56-53-50-47-44-41-24-21-18-15-12-9-6-3)73-67(70)61-58-55-52-49-46-43-39-26-23-20-17-14-11-8-5-2/h8,11-12,15,17,20-22,24-26,28-29,31-32,39,46,49,64H,4-7,9-10,13-14,16,18-19,23,27,30,33-38,40-45,47-48,50-63H2,1-3H3/b11-8-,15-12-,20-17-,24-21-,25-22-,29-28-,32-31-,39-26-,49-46-. The van der Waals surface area contributed by atoms with Crippen LogP contribution in [0.4, 0.5) is 0 Å². The van der Waals surface area contributed by atoms with E-state index in [4.69, 9.17) is 14.2 Å². The average molecular weight is 1010 g/mol. The Morgan fingerprint density at radius 3 is 0.918 bits per heavy atom. The van der Waals surface area contributed by atoms with Crippen LogP contribution in [0.25, 0.3) is 0 Å². The zero-order chi connectivity index (χ0) is 52.9.